The summed E-state index contributed by atoms with van der Waals surface area (Å²) in [4.78, 5) is 11.7. The molecule has 0 aromatic heterocycles. The van der Waals surface area contributed by atoms with Crippen LogP contribution in [0.3, 0.4) is 0 Å². The van der Waals surface area contributed by atoms with Crippen molar-refractivity contribution in [2.75, 3.05) is 19.1 Å². The van der Waals surface area contributed by atoms with Gasteiger partial charge in [-0.1, -0.05) is 6.07 Å². The van der Waals surface area contributed by atoms with Crippen molar-refractivity contribution >= 4 is 11.6 Å². The highest BCUT2D eigenvalue weighted by atomic mass is 16.5. The third-order valence-electron chi connectivity index (χ3n) is 2.92. The quantitative estimate of drug-likeness (QED) is 0.262. The van der Waals surface area contributed by atoms with Crippen molar-refractivity contribution in [1.29, 1.82) is 0 Å². The zero-order valence-corrected chi connectivity index (χ0v) is 11.9. The molecular weight excluding hydrogens is 296 g/mol. The highest BCUT2D eigenvalue weighted by Gasteiger charge is 2.34. The first-order chi connectivity index (χ1) is 10.4. The van der Waals surface area contributed by atoms with Crippen LogP contribution in [-0.2, 0) is 4.79 Å². The lowest BCUT2D eigenvalue weighted by Crippen LogP contribution is -2.52. The van der Waals surface area contributed by atoms with Crippen molar-refractivity contribution in [3.8, 4) is 5.75 Å². The largest absolute Gasteiger partial charge is 0.497 e. The van der Waals surface area contributed by atoms with Gasteiger partial charge in [-0.2, -0.15) is 0 Å². The summed E-state index contributed by atoms with van der Waals surface area (Å²) in [5.74, 6) is -0.485. The molecule has 0 saturated heterocycles. The van der Waals surface area contributed by atoms with Crippen LogP contribution < -0.4 is 15.6 Å². The van der Waals surface area contributed by atoms with Crippen LogP contribution in [0.4, 0.5) is 5.69 Å². The van der Waals surface area contributed by atoms with Crippen molar-refractivity contribution in [1.82, 2.24) is 5.43 Å². The fourth-order valence-electron chi connectivity index (χ4n) is 1.59. The summed E-state index contributed by atoms with van der Waals surface area (Å²) >= 11 is 0. The van der Waals surface area contributed by atoms with Crippen molar-refractivity contribution in [3.63, 3.8) is 0 Å². The van der Waals surface area contributed by atoms with Gasteiger partial charge in [-0.15, -0.1) is 0 Å². The molecule has 124 valence electrons. The minimum atomic E-state index is -2.01. The van der Waals surface area contributed by atoms with Gasteiger partial charge in [-0.3, -0.25) is 15.6 Å². The van der Waals surface area contributed by atoms with Gasteiger partial charge in [-0.05, 0) is 12.1 Å². The second-order valence-corrected chi connectivity index (χ2v) is 4.52. The van der Waals surface area contributed by atoms with E-state index in [9.17, 15) is 20.1 Å². The van der Waals surface area contributed by atoms with E-state index >= 15 is 0 Å². The lowest BCUT2D eigenvalue weighted by Gasteiger charge is -2.25. The zero-order valence-electron chi connectivity index (χ0n) is 11.9. The summed E-state index contributed by atoms with van der Waals surface area (Å²) < 4.78 is 4.99. The van der Waals surface area contributed by atoms with Crippen LogP contribution in [0.15, 0.2) is 24.3 Å². The first kappa shape index (κ1) is 18.1. The van der Waals surface area contributed by atoms with E-state index in [1.165, 1.54) is 7.11 Å². The molecule has 1 aromatic rings. The third kappa shape index (κ3) is 4.83. The molecule has 9 nitrogen and oxygen atoms in total. The van der Waals surface area contributed by atoms with Crippen LogP contribution in [0.1, 0.15) is 0 Å². The molecular formula is C13H20N2O7. The fraction of sp³-hybridized carbons (Fsp3) is 0.462. The minimum Gasteiger partial charge on any atom is -0.497 e. The molecule has 1 aromatic carbocycles. The Morgan fingerprint density at radius 1 is 1.23 bits per heavy atom. The van der Waals surface area contributed by atoms with Crippen LogP contribution in [0.25, 0.3) is 0 Å². The van der Waals surface area contributed by atoms with Crippen molar-refractivity contribution < 1.29 is 35.1 Å². The Morgan fingerprint density at radius 3 is 2.50 bits per heavy atom. The van der Waals surface area contributed by atoms with Gasteiger partial charge in [0, 0.05) is 6.07 Å². The van der Waals surface area contributed by atoms with E-state index in [-0.39, 0.29) is 0 Å². The molecule has 1 rings (SSSR count). The van der Waals surface area contributed by atoms with Crippen LogP contribution >= 0.6 is 0 Å². The molecule has 0 aliphatic heterocycles. The summed E-state index contributed by atoms with van der Waals surface area (Å²) in [6.45, 7) is -0.825. The standard InChI is InChI=1S/C13H20N2O7/c1-22-8-4-2-3-7(5-8)14-15-13(21)12(20)11(19)10(18)9(17)6-16/h2-5,9-12,14,16-20H,6H2,1H3,(H,15,21)/t9-,10-,11+,12+/m1/s1. The van der Waals surface area contributed by atoms with Crippen LogP contribution in [0.2, 0.25) is 0 Å². The van der Waals surface area contributed by atoms with E-state index in [1.54, 1.807) is 24.3 Å². The van der Waals surface area contributed by atoms with Gasteiger partial charge < -0.3 is 30.3 Å². The predicted molar refractivity (Wildman–Crippen MR) is 75.9 cm³/mol. The number of nitrogens with one attached hydrogen (secondary N) is 2. The first-order valence-electron chi connectivity index (χ1n) is 6.43. The van der Waals surface area contributed by atoms with E-state index < -0.39 is 36.9 Å². The van der Waals surface area contributed by atoms with Crippen molar-refractivity contribution in [2.24, 2.45) is 0 Å². The van der Waals surface area contributed by atoms with Gasteiger partial charge in [0.15, 0.2) is 6.10 Å². The monoisotopic (exact) mass is 316 g/mol. The molecule has 0 heterocycles. The first-order valence-corrected chi connectivity index (χ1v) is 6.43. The molecule has 0 radical (unpaired) electrons. The summed E-state index contributed by atoms with van der Waals surface area (Å²) in [6, 6.07) is 6.56. The van der Waals surface area contributed by atoms with E-state index in [0.717, 1.165) is 0 Å². The van der Waals surface area contributed by atoms with Gasteiger partial charge in [0.25, 0.3) is 5.91 Å². The number of aliphatic hydroxyl groups excluding tert-OH is 5. The SMILES string of the molecule is COc1cccc(NNC(=O)[C@@H](O)[C@@H](O)[C@H](O)[C@H](O)CO)c1. The number of ether oxygens (including phenoxy) is 1. The molecule has 0 aliphatic carbocycles. The second-order valence-electron chi connectivity index (χ2n) is 4.52. The molecule has 9 heteroatoms. The number of hydrogen-bond donors (Lipinski definition) is 7. The summed E-state index contributed by atoms with van der Waals surface area (Å²) in [5.41, 5.74) is 5.09. The lowest BCUT2D eigenvalue weighted by molar-refractivity contribution is -0.148. The number of aliphatic hydroxyl groups is 5. The molecule has 4 atom stereocenters. The number of methoxy groups -OCH3 is 1. The molecule has 0 saturated carbocycles. The average molecular weight is 316 g/mol. The number of benzene rings is 1. The Kier molecular flexibility index (Phi) is 7.02. The number of carbonyl (C=O) groups is 1. The van der Waals surface area contributed by atoms with Gasteiger partial charge in [0.1, 0.15) is 24.1 Å². The van der Waals surface area contributed by atoms with Gasteiger partial charge in [0.05, 0.1) is 19.4 Å². The number of carbonyl (C=O) groups excluding carboxylic acids is 1. The molecule has 0 spiro atoms. The maximum Gasteiger partial charge on any atom is 0.269 e. The topological polar surface area (TPSA) is 152 Å². The molecule has 1 amide bonds. The van der Waals surface area contributed by atoms with Crippen LogP contribution in [0.5, 0.6) is 5.75 Å². The fourth-order valence-corrected chi connectivity index (χ4v) is 1.59. The third-order valence-corrected chi connectivity index (χ3v) is 2.92. The van der Waals surface area contributed by atoms with Crippen molar-refractivity contribution in [3.05, 3.63) is 24.3 Å². The number of rotatable bonds is 8. The molecule has 22 heavy (non-hydrogen) atoms. The van der Waals surface area contributed by atoms with Gasteiger partial charge >= 0.3 is 0 Å². The Morgan fingerprint density at radius 2 is 1.91 bits per heavy atom. The highest BCUT2D eigenvalue weighted by molar-refractivity contribution is 5.82. The minimum absolute atomic E-state index is 0.463. The zero-order chi connectivity index (χ0) is 16.7. The predicted octanol–water partition coefficient (Wildman–Crippen LogP) is -2.43. The molecule has 0 fully saturated rings. The normalized spacial score (nSPS) is 16.3. The molecule has 0 bridgehead atoms. The maximum atomic E-state index is 11.7. The number of anilines is 1. The Labute approximate surface area is 126 Å². The Hall–Kier alpha value is -1.91. The summed E-state index contributed by atoms with van der Waals surface area (Å²) in [5, 5.41) is 46.4. The smallest absolute Gasteiger partial charge is 0.269 e. The van der Waals surface area contributed by atoms with E-state index in [4.69, 9.17) is 14.9 Å². The van der Waals surface area contributed by atoms with Crippen LogP contribution in [-0.4, -0.2) is 69.6 Å². The average Bonchev–Trinajstić information content (AvgIpc) is 2.56. The van der Waals surface area contributed by atoms with E-state index in [2.05, 4.69) is 10.9 Å². The second kappa shape index (κ2) is 8.51. The molecule has 0 unspecified atom stereocenters. The molecule has 7 N–H and O–H groups in total. The van der Waals surface area contributed by atoms with Crippen molar-refractivity contribution in [2.45, 2.75) is 24.4 Å². The maximum absolute atomic E-state index is 11.7. The number of hydrogen-bond acceptors (Lipinski definition) is 8. The highest BCUT2D eigenvalue weighted by Crippen LogP contribution is 2.15. The van der Waals surface area contributed by atoms with Gasteiger partial charge in [-0.25, -0.2) is 0 Å². The van der Waals surface area contributed by atoms with Gasteiger partial charge in [0.2, 0.25) is 0 Å². The number of amides is 1. The summed E-state index contributed by atoms with van der Waals surface area (Å²) in [6.07, 6.45) is -7.52. The number of hydrazine groups is 1. The van der Waals surface area contributed by atoms with Crippen LogP contribution in [0, 0.1) is 0 Å². The lowest BCUT2D eigenvalue weighted by atomic mass is 10.0. The molecule has 0 aliphatic rings. The van der Waals surface area contributed by atoms with E-state index in [0.29, 0.717) is 11.4 Å². The van der Waals surface area contributed by atoms with E-state index in [1.807, 2.05) is 0 Å². The Balaban J connectivity index is 2.56. The summed E-state index contributed by atoms with van der Waals surface area (Å²) in [7, 11) is 1.48. The Bertz CT molecular complexity index is 485.